The molecule has 0 saturated heterocycles. The first-order valence-electron chi connectivity index (χ1n) is 5.88. The van der Waals surface area contributed by atoms with Gasteiger partial charge in [0.15, 0.2) is 0 Å². The van der Waals surface area contributed by atoms with Crippen LogP contribution in [0.4, 0.5) is 0 Å². The molecule has 0 bridgehead atoms. The number of halogens is 1. The Morgan fingerprint density at radius 1 is 1.39 bits per heavy atom. The first-order valence-corrected chi connectivity index (χ1v) is 6.86. The Morgan fingerprint density at radius 2 is 2.06 bits per heavy atom. The molecule has 3 nitrogen and oxygen atoms in total. The summed E-state index contributed by atoms with van der Waals surface area (Å²) in [7, 11) is 0. The summed E-state index contributed by atoms with van der Waals surface area (Å²) in [5.74, 6) is 0.133. The number of rotatable bonds is 8. The Hall–Kier alpha value is -0.710. The Balaban J connectivity index is 0.00000289. The maximum Gasteiger partial charge on any atom is 0.320 e. The van der Waals surface area contributed by atoms with Crippen LogP contribution in [0.15, 0.2) is 35.2 Å². The monoisotopic (exact) mass is 289 g/mol. The van der Waals surface area contributed by atoms with Crippen LogP contribution in [0, 0.1) is 0 Å². The minimum Gasteiger partial charge on any atom is -0.480 e. The normalized spacial score (nSPS) is 11.6. The van der Waals surface area contributed by atoms with E-state index in [4.69, 9.17) is 5.11 Å². The quantitative estimate of drug-likeness (QED) is 0.570. The molecule has 0 amide bonds. The third kappa shape index (κ3) is 6.89. The number of hydrogen-bond acceptors (Lipinski definition) is 3. The zero-order chi connectivity index (χ0) is 12.5. The maximum atomic E-state index is 10.9. The highest BCUT2D eigenvalue weighted by Crippen LogP contribution is 2.15. The van der Waals surface area contributed by atoms with Crippen molar-refractivity contribution in [2.24, 2.45) is 0 Å². The second kappa shape index (κ2) is 10.2. The molecule has 0 aromatic heterocycles. The van der Waals surface area contributed by atoms with E-state index in [9.17, 15) is 4.79 Å². The number of benzene rings is 1. The van der Waals surface area contributed by atoms with Gasteiger partial charge in [0, 0.05) is 17.2 Å². The van der Waals surface area contributed by atoms with Gasteiger partial charge in [0.1, 0.15) is 6.04 Å². The fraction of sp³-hybridized carbons (Fsp3) is 0.462. The summed E-state index contributed by atoms with van der Waals surface area (Å²) in [5, 5.41) is 12.0. The highest BCUT2D eigenvalue weighted by Gasteiger charge is 2.14. The zero-order valence-corrected chi connectivity index (χ0v) is 12.1. The molecular formula is C13H20ClNO2S. The molecule has 0 fully saturated rings. The molecule has 2 N–H and O–H groups in total. The van der Waals surface area contributed by atoms with Gasteiger partial charge in [-0.15, -0.1) is 24.2 Å². The third-order valence-electron chi connectivity index (χ3n) is 2.38. The molecule has 0 heterocycles. The number of carboxylic acids is 1. The fourth-order valence-electron chi connectivity index (χ4n) is 1.52. The molecule has 1 unspecified atom stereocenters. The first-order chi connectivity index (χ1) is 8.24. The number of aliphatic carboxylic acids is 1. The SMILES string of the molecule is CCCC(NCCSc1ccccc1)C(=O)O.Cl. The van der Waals surface area contributed by atoms with Crippen LogP contribution in [0.2, 0.25) is 0 Å². The highest BCUT2D eigenvalue weighted by atomic mass is 35.5. The van der Waals surface area contributed by atoms with Gasteiger partial charge >= 0.3 is 5.97 Å². The minimum absolute atomic E-state index is 0. The summed E-state index contributed by atoms with van der Waals surface area (Å²) in [6.07, 6.45) is 1.57. The van der Waals surface area contributed by atoms with E-state index in [-0.39, 0.29) is 12.4 Å². The molecule has 0 spiro atoms. The second-order valence-electron chi connectivity index (χ2n) is 3.80. The summed E-state index contributed by atoms with van der Waals surface area (Å²) in [6, 6.07) is 9.72. The zero-order valence-electron chi connectivity index (χ0n) is 10.5. The molecule has 5 heteroatoms. The number of thioether (sulfide) groups is 1. The lowest BCUT2D eigenvalue weighted by molar-refractivity contribution is -0.139. The van der Waals surface area contributed by atoms with Crippen LogP contribution in [-0.4, -0.2) is 29.4 Å². The number of hydrogen-bond donors (Lipinski definition) is 2. The van der Waals surface area contributed by atoms with Gasteiger partial charge in [0.05, 0.1) is 0 Å². The summed E-state index contributed by atoms with van der Waals surface area (Å²) >= 11 is 1.74. The lowest BCUT2D eigenvalue weighted by Gasteiger charge is -2.12. The Morgan fingerprint density at radius 3 is 2.61 bits per heavy atom. The van der Waals surface area contributed by atoms with Crippen molar-refractivity contribution in [1.29, 1.82) is 0 Å². The largest absolute Gasteiger partial charge is 0.480 e. The second-order valence-corrected chi connectivity index (χ2v) is 4.96. The molecule has 1 rings (SSSR count). The highest BCUT2D eigenvalue weighted by molar-refractivity contribution is 7.99. The van der Waals surface area contributed by atoms with Gasteiger partial charge in [-0.25, -0.2) is 0 Å². The summed E-state index contributed by atoms with van der Waals surface area (Å²) in [5.41, 5.74) is 0. The van der Waals surface area contributed by atoms with Crippen LogP contribution >= 0.6 is 24.2 Å². The fourth-order valence-corrected chi connectivity index (χ4v) is 2.33. The van der Waals surface area contributed by atoms with Crippen LogP contribution in [0.25, 0.3) is 0 Å². The molecule has 1 aromatic carbocycles. The van der Waals surface area contributed by atoms with Crippen LogP contribution in [0.3, 0.4) is 0 Å². The molecule has 102 valence electrons. The molecule has 18 heavy (non-hydrogen) atoms. The minimum atomic E-state index is -0.753. The Kier molecular flexibility index (Phi) is 9.83. The van der Waals surface area contributed by atoms with Crippen molar-refractivity contribution in [3.05, 3.63) is 30.3 Å². The first kappa shape index (κ1) is 17.3. The van der Waals surface area contributed by atoms with Crippen LogP contribution in [0.1, 0.15) is 19.8 Å². The van der Waals surface area contributed by atoms with E-state index in [1.807, 2.05) is 25.1 Å². The summed E-state index contributed by atoms with van der Waals surface area (Å²) < 4.78 is 0. The molecule has 0 saturated carbocycles. The molecule has 1 atom stereocenters. The van der Waals surface area contributed by atoms with Crippen LogP contribution in [-0.2, 0) is 4.79 Å². The average molecular weight is 290 g/mol. The van der Waals surface area contributed by atoms with Gasteiger partial charge in [-0.05, 0) is 18.6 Å². The lowest BCUT2D eigenvalue weighted by atomic mass is 10.2. The maximum absolute atomic E-state index is 10.9. The van der Waals surface area contributed by atoms with Gasteiger partial charge in [0.2, 0.25) is 0 Å². The van der Waals surface area contributed by atoms with E-state index >= 15 is 0 Å². The van der Waals surface area contributed by atoms with Crippen molar-refractivity contribution < 1.29 is 9.90 Å². The van der Waals surface area contributed by atoms with Crippen molar-refractivity contribution >= 4 is 30.1 Å². The smallest absolute Gasteiger partial charge is 0.320 e. The molecular weight excluding hydrogens is 270 g/mol. The van der Waals surface area contributed by atoms with Gasteiger partial charge in [-0.1, -0.05) is 31.5 Å². The third-order valence-corrected chi connectivity index (χ3v) is 3.39. The standard InChI is InChI=1S/C13H19NO2S.ClH/c1-2-6-12(13(15)16)14-9-10-17-11-7-4-3-5-8-11;/h3-5,7-8,12,14H,2,6,9-10H2,1H3,(H,15,16);1H. The summed E-state index contributed by atoms with van der Waals surface area (Å²) in [4.78, 5) is 12.1. The number of carboxylic acid groups (broad SMARTS) is 1. The Labute approximate surface area is 119 Å². The van der Waals surface area contributed by atoms with Crippen molar-refractivity contribution in [1.82, 2.24) is 5.32 Å². The summed E-state index contributed by atoms with van der Waals surface area (Å²) in [6.45, 7) is 2.72. The molecule has 0 aliphatic rings. The predicted molar refractivity (Wildman–Crippen MR) is 78.7 cm³/mol. The number of carbonyl (C=O) groups is 1. The van der Waals surface area contributed by atoms with Gasteiger partial charge in [-0.2, -0.15) is 0 Å². The van der Waals surface area contributed by atoms with E-state index in [0.29, 0.717) is 6.42 Å². The van der Waals surface area contributed by atoms with Crippen molar-refractivity contribution in [2.45, 2.75) is 30.7 Å². The van der Waals surface area contributed by atoms with E-state index in [0.717, 1.165) is 18.7 Å². The van der Waals surface area contributed by atoms with E-state index in [1.165, 1.54) is 4.90 Å². The van der Waals surface area contributed by atoms with Crippen LogP contribution < -0.4 is 5.32 Å². The van der Waals surface area contributed by atoms with Crippen molar-refractivity contribution in [3.63, 3.8) is 0 Å². The van der Waals surface area contributed by atoms with Crippen molar-refractivity contribution in [2.75, 3.05) is 12.3 Å². The predicted octanol–water partition coefficient (Wildman–Crippen LogP) is 3.04. The van der Waals surface area contributed by atoms with Crippen LogP contribution in [0.5, 0.6) is 0 Å². The van der Waals surface area contributed by atoms with Gasteiger partial charge in [-0.3, -0.25) is 4.79 Å². The average Bonchev–Trinajstić information content (AvgIpc) is 2.34. The van der Waals surface area contributed by atoms with E-state index in [2.05, 4.69) is 17.4 Å². The molecule has 0 radical (unpaired) electrons. The Bertz CT molecular complexity index is 335. The lowest BCUT2D eigenvalue weighted by Crippen LogP contribution is -2.37. The van der Waals surface area contributed by atoms with E-state index in [1.54, 1.807) is 11.8 Å². The molecule has 1 aromatic rings. The van der Waals surface area contributed by atoms with Gasteiger partial charge in [0.25, 0.3) is 0 Å². The van der Waals surface area contributed by atoms with Gasteiger partial charge < -0.3 is 10.4 Å². The van der Waals surface area contributed by atoms with Crippen molar-refractivity contribution in [3.8, 4) is 0 Å². The topological polar surface area (TPSA) is 49.3 Å². The molecule has 0 aliphatic heterocycles. The van der Waals surface area contributed by atoms with E-state index < -0.39 is 12.0 Å². The number of nitrogens with one attached hydrogen (secondary N) is 1. The molecule has 0 aliphatic carbocycles.